The van der Waals surface area contributed by atoms with Crippen LogP contribution in [0.5, 0.6) is 11.5 Å². The molecule has 19 heavy (non-hydrogen) atoms. The average molecular weight is 278 g/mol. The molecule has 0 saturated carbocycles. The third-order valence-corrected chi connectivity index (χ3v) is 2.69. The molecule has 2 rings (SSSR count). The van der Waals surface area contributed by atoms with Crippen molar-refractivity contribution in [3.63, 3.8) is 0 Å². The Morgan fingerprint density at radius 2 is 2.00 bits per heavy atom. The van der Waals surface area contributed by atoms with Gasteiger partial charge in [0.15, 0.2) is 0 Å². The average Bonchev–Trinajstić information content (AvgIpc) is 2.41. The Morgan fingerprint density at radius 3 is 2.68 bits per heavy atom. The summed E-state index contributed by atoms with van der Waals surface area (Å²) in [6.45, 7) is 0. The number of halogens is 1. The number of rotatable bonds is 3. The second-order valence-electron chi connectivity index (χ2n) is 3.80. The van der Waals surface area contributed by atoms with Crippen LogP contribution in [0.15, 0.2) is 42.5 Å². The van der Waals surface area contributed by atoms with Gasteiger partial charge in [-0.25, -0.2) is 4.79 Å². The second kappa shape index (κ2) is 5.63. The minimum Gasteiger partial charge on any atom is -0.465 e. The normalized spacial score (nSPS) is 10.0. The maximum absolute atomic E-state index is 11.4. The zero-order chi connectivity index (χ0) is 13.8. The van der Waals surface area contributed by atoms with Gasteiger partial charge in [-0.15, -0.1) is 0 Å². The smallest absolute Gasteiger partial charge is 0.337 e. The molecule has 0 amide bonds. The van der Waals surface area contributed by atoms with E-state index in [1.165, 1.54) is 7.11 Å². The van der Waals surface area contributed by atoms with Crippen LogP contribution < -0.4 is 10.5 Å². The molecule has 0 aliphatic rings. The highest BCUT2D eigenvalue weighted by Crippen LogP contribution is 2.30. The molecule has 0 aliphatic carbocycles. The van der Waals surface area contributed by atoms with E-state index < -0.39 is 5.97 Å². The molecule has 0 bridgehead atoms. The van der Waals surface area contributed by atoms with Gasteiger partial charge in [-0.05, 0) is 36.4 Å². The van der Waals surface area contributed by atoms with Crippen molar-refractivity contribution in [1.82, 2.24) is 0 Å². The highest BCUT2D eigenvalue weighted by molar-refractivity contribution is 6.30. The fraction of sp³-hybridized carbons (Fsp3) is 0.0714. The summed E-state index contributed by atoms with van der Waals surface area (Å²) in [5.74, 6) is 0.554. The van der Waals surface area contributed by atoms with Gasteiger partial charge in [0.05, 0.1) is 18.4 Å². The van der Waals surface area contributed by atoms with Crippen LogP contribution in [0.1, 0.15) is 10.4 Å². The molecule has 0 radical (unpaired) electrons. The highest BCUT2D eigenvalue weighted by Gasteiger charge is 2.08. The Labute approximate surface area is 115 Å². The number of carbonyl (C=O) groups is 1. The number of methoxy groups -OCH3 is 1. The Balaban J connectivity index is 2.26. The molecule has 4 nitrogen and oxygen atoms in total. The molecule has 0 saturated heterocycles. The van der Waals surface area contributed by atoms with Crippen LogP contribution in [0.3, 0.4) is 0 Å². The van der Waals surface area contributed by atoms with E-state index in [0.29, 0.717) is 27.8 Å². The van der Waals surface area contributed by atoms with Gasteiger partial charge >= 0.3 is 5.97 Å². The number of carbonyl (C=O) groups excluding carboxylic acids is 1. The van der Waals surface area contributed by atoms with E-state index in [2.05, 4.69) is 4.74 Å². The fourth-order valence-corrected chi connectivity index (χ4v) is 1.72. The van der Waals surface area contributed by atoms with Gasteiger partial charge in [0, 0.05) is 5.02 Å². The lowest BCUT2D eigenvalue weighted by Crippen LogP contribution is -2.01. The molecule has 0 spiro atoms. The molecule has 2 aromatic carbocycles. The standard InChI is InChI=1S/C14H12ClNO3/c1-18-14(17)9-3-2-4-11(7-9)19-13-6-5-10(15)8-12(13)16/h2-8H,16H2,1H3. The molecule has 5 heteroatoms. The lowest BCUT2D eigenvalue weighted by atomic mass is 10.2. The van der Waals surface area contributed by atoms with E-state index in [1.807, 2.05) is 0 Å². The first-order valence-corrected chi connectivity index (χ1v) is 5.89. The minimum absolute atomic E-state index is 0.410. The monoisotopic (exact) mass is 277 g/mol. The Kier molecular flexibility index (Phi) is 3.92. The lowest BCUT2D eigenvalue weighted by Gasteiger charge is -2.09. The summed E-state index contributed by atoms with van der Waals surface area (Å²) in [5, 5.41) is 0.535. The van der Waals surface area contributed by atoms with Gasteiger partial charge in [-0.1, -0.05) is 17.7 Å². The van der Waals surface area contributed by atoms with E-state index in [0.717, 1.165) is 0 Å². The summed E-state index contributed by atoms with van der Waals surface area (Å²) >= 11 is 5.81. The molecule has 2 N–H and O–H groups in total. The van der Waals surface area contributed by atoms with E-state index >= 15 is 0 Å². The van der Waals surface area contributed by atoms with Crippen LogP contribution >= 0.6 is 11.6 Å². The lowest BCUT2D eigenvalue weighted by molar-refractivity contribution is 0.0600. The maximum Gasteiger partial charge on any atom is 0.337 e. The van der Waals surface area contributed by atoms with E-state index in [1.54, 1.807) is 42.5 Å². The van der Waals surface area contributed by atoms with Crippen LogP contribution in [0.25, 0.3) is 0 Å². The van der Waals surface area contributed by atoms with Crippen LogP contribution in [0.2, 0.25) is 5.02 Å². The van der Waals surface area contributed by atoms with Crippen molar-refractivity contribution < 1.29 is 14.3 Å². The van der Waals surface area contributed by atoms with Crippen molar-refractivity contribution in [3.05, 3.63) is 53.1 Å². The Bertz CT molecular complexity index is 613. The van der Waals surface area contributed by atoms with Crippen LogP contribution in [-0.4, -0.2) is 13.1 Å². The number of esters is 1. The number of hydrogen-bond acceptors (Lipinski definition) is 4. The third kappa shape index (κ3) is 3.17. The zero-order valence-electron chi connectivity index (χ0n) is 10.2. The number of ether oxygens (including phenoxy) is 2. The van der Waals surface area contributed by atoms with Gasteiger partial charge in [-0.2, -0.15) is 0 Å². The quantitative estimate of drug-likeness (QED) is 0.689. The zero-order valence-corrected chi connectivity index (χ0v) is 11.0. The first kappa shape index (κ1) is 13.2. The van der Waals surface area contributed by atoms with E-state index in [9.17, 15) is 4.79 Å². The summed E-state index contributed by atoms with van der Waals surface area (Å²) in [7, 11) is 1.33. The summed E-state index contributed by atoms with van der Waals surface area (Å²) in [6.07, 6.45) is 0. The van der Waals surface area contributed by atoms with E-state index in [-0.39, 0.29) is 0 Å². The molecule has 0 aliphatic heterocycles. The SMILES string of the molecule is COC(=O)c1cccc(Oc2ccc(Cl)cc2N)c1. The van der Waals surface area contributed by atoms with Crippen LogP contribution in [0.4, 0.5) is 5.69 Å². The molecule has 0 aromatic heterocycles. The van der Waals surface area contributed by atoms with Crippen molar-refractivity contribution in [3.8, 4) is 11.5 Å². The predicted octanol–water partition coefficient (Wildman–Crippen LogP) is 3.50. The Hall–Kier alpha value is -2.20. The van der Waals surface area contributed by atoms with Gasteiger partial charge in [-0.3, -0.25) is 0 Å². The van der Waals surface area contributed by atoms with Gasteiger partial charge in [0.2, 0.25) is 0 Å². The number of nitrogens with two attached hydrogens (primary N) is 1. The second-order valence-corrected chi connectivity index (χ2v) is 4.24. The van der Waals surface area contributed by atoms with E-state index in [4.69, 9.17) is 22.1 Å². The topological polar surface area (TPSA) is 61.5 Å². The predicted molar refractivity (Wildman–Crippen MR) is 73.7 cm³/mol. The number of hydrogen-bond donors (Lipinski definition) is 1. The molecule has 98 valence electrons. The van der Waals surface area contributed by atoms with Crippen molar-refractivity contribution in [1.29, 1.82) is 0 Å². The minimum atomic E-state index is -0.422. The number of nitrogen functional groups attached to an aromatic ring is 1. The largest absolute Gasteiger partial charge is 0.465 e. The van der Waals surface area contributed by atoms with Crippen LogP contribution in [-0.2, 0) is 4.74 Å². The molecule has 2 aromatic rings. The third-order valence-electron chi connectivity index (χ3n) is 2.45. The van der Waals surface area contributed by atoms with Crippen molar-refractivity contribution in [2.75, 3.05) is 12.8 Å². The molecular weight excluding hydrogens is 266 g/mol. The van der Waals surface area contributed by atoms with Crippen molar-refractivity contribution in [2.24, 2.45) is 0 Å². The van der Waals surface area contributed by atoms with Crippen molar-refractivity contribution in [2.45, 2.75) is 0 Å². The fourth-order valence-electron chi connectivity index (χ4n) is 1.54. The summed E-state index contributed by atoms with van der Waals surface area (Å²) < 4.78 is 10.3. The molecule has 0 unspecified atom stereocenters. The summed E-state index contributed by atoms with van der Waals surface area (Å²) in [4.78, 5) is 11.4. The van der Waals surface area contributed by atoms with Crippen molar-refractivity contribution >= 4 is 23.3 Å². The molecule has 0 heterocycles. The molecular formula is C14H12ClNO3. The van der Waals surface area contributed by atoms with Gasteiger partial charge in [0.25, 0.3) is 0 Å². The Morgan fingerprint density at radius 1 is 1.21 bits per heavy atom. The first-order valence-electron chi connectivity index (χ1n) is 5.51. The highest BCUT2D eigenvalue weighted by atomic mass is 35.5. The number of anilines is 1. The number of benzene rings is 2. The first-order chi connectivity index (χ1) is 9.10. The van der Waals surface area contributed by atoms with Gasteiger partial charge < -0.3 is 15.2 Å². The molecule has 0 atom stereocenters. The van der Waals surface area contributed by atoms with Gasteiger partial charge in [0.1, 0.15) is 11.5 Å². The maximum atomic E-state index is 11.4. The van der Waals surface area contributed by atoms with Crippen LogP contribution in [0, 0.1) is 0 Å². The molecule has 0 fully saturated rings. The summed E-state index contributed by atoms with van der Waals surface area (Å²) in [5.41, 5.74) is 6.63. The summed E-state index contributed by atoms with van der Waals surface area (Å²) in [6, 6.07) is 11.6.